The van der Waals surface area contributed by atoms with E-state index >= 15 is 0 Å². The Labute approximate surface area is 227 Å². The van der Waals surface area contributed by atoms with Crippen molar-refractivity contribution in [2.45, 2.75) is 32.9 Å². The zero-order chi connectivity index (χ0) is 29.2. The normalized spacial score (nSPS) is 15.6. The maximum Gasteiger partial charge on any atom is 0.416 e. The minimum Gasteiger partial charge on any atom is -0.490 e. The maximum absolute atomic E-state index is 14.0. The molecule has 0 saturated heterocycles. The number of nitrogens with one attached hydrogen (secondary N) is 1. The summed E-state index contributed by atoms with van der Waals surface area (Å²) in [5.74, 6) is -2.85. The summed E-state index contributed by atoms with van der Waals surface area (Å²) >= 11 is 0. The van der Waals surface area contributed by atoms with E-state index in [0.29, 0.717) is 11.3 Å². The third-order valence-corrected chi connectivity index (χ3v) is 6.47. The van der Waals surface area contributed by atoms with Gasteiger partial charge in [-0.05, 0) is 50.1 Å². The van der Waals surface area contributed by atoms with Crippen LogP contribution in [0.15, 0.2) is 80.3 Å². The lowest BCUT2D eigenvalue weighted by molar-refractivity contribution is -0.142. The van der Waals surface area contributed by atoms with Gasteiger partial charge in [0.05, 0.1) is 29.7 Å². The molecule has 2 aromatic carbocycles. The number of allylic oxidation sites excluding steroid dienone is 2. The van der Waals surface area contributed by atoms with Gasteiger partial charge in [0.25, 0.3) is 0 Å². The quantitative estimate of drug-likeness (QED) is 0.242. The predicted octanol–water partition coefficient (Wildman–Crippen LogP) is 5.15. The molecule has 0 fully saturated rings. The van der Waals surface area contributed by atoms with Gasteiger partial charge in [-0.3, -0.25) is 0 Å². The lowest BCUT2D eigenvalue weighted by atomic mass is 9.78. The molecule has 0 saturated carbocycles. The molecule has 0 bridgehead atoms. The highest BCUT2D eigenvalue weighted by molar-refractivity contribution is 6.00. The molecule has 0 aliphatic carbocycles. The van der Waals surface area contributed by atoms with Crippen molar-refractivity contribution in [3.8, 4) is 5.75 Å². The molecular formula is C29H26F3NO7. The van der Waals surface area contributed by atoms with Crippen molar-refractivity contribution in [2.24, 2.45) is 0 Å². The number of dihydropyridines is 1. The molecular weight excluding hydrogens is 531 g/mol. The van der Waals surface area contributed by atoms with Gasteiger partial charge >= 0.3 is 23.7 Å². The van der Waals surface area contributed by atoms with E-state index in [4.69, 9.17) is 18.6 Å². The number of alkyl halides is 3. The summed E-state index contributed by atoms with van der Waals surface area (Å²) < 4.78 is 63.0. The van der Waals surface area contributed by atoms with Crippen molar-refractivity contribution in [1.82, 2.24) is 5.32 Å². The van der Waals surface area contributed by atoms with Crippen molar-refractivity contribution in [3.63, 3.8) is 0 Å². The number of methoxy groups -OCH3 is 1. The summed E-state index contributed by atoms with van der Waals surface area (Å²) in [4.78, 5) is 37.7. The number of carbonyl (C=O) groups is 2. The van der Waals surface area contributed by atoms with Crippen LogP contribution in [-0.4, -0.2) is 32.3 Å². The van der Waals surface area contributed by atoms with Gasteiger partial charge in [0.15, 0.2) is 0 Å². The van der Waals surface area contributed by atoms with Crippen LogP contribution in [0.4, 0.5) is 13.2 Å². The van der Waals surface area contributed by atoms with Crippen LogP contribution in [0, 0.1) is 6.92 Å². The molecule has 1 aliphatic heterocycles. The summed E-state index contributed by atoms with van der Waals surface area (Å²) in [6, 6.07) is 11.0. The molecule has 4 rings (SSSR count). The molecule has 1 atom stereocenters. The molecule has 1 aliphatic rings. The molecule has 8 nitrogen and oxygen atoms in total. The van der Waals surface area contributed by atoms with Gasteiger partial charge in [0.2, 0.25) is 0 Å². The first-order valence-corrected chi connectivity index (χ1v) is 12.2. The second kappa shape index (κ2) is 11.3. The van der Waals surface area contributed by atoms with E-state index in [1.807, 2.05) is 0 Å². The van der Waals surface area contributed by atoms with Crippen LogP contribution >= 0.6 is 0 Å². The molecule has 210 valence electrons. The highest BCUT2D eigenvalue weighted by Gasteiger charge is 2.43. The fraction of sp³-hybridized carbons (Fsp3) is 0.276. The first-order valence-electron chi connectivity index (χ1n) is 12.2. The predicted molar refractivity (Wildman–Crippen MR) is 138 cm³/mol. The Morgan fingerprint density at radius 1 is 0.950 bits per heavy atom. The molecule has 1 aromatic heterocycles. The van der Waals surface area contributed by atoms with Crippen LogP contribution in [0.2, 0.25) is 0 Å². The van der Waals surface area contributed by atoms with Crippen molar-refractivity contribution >= 4 is 22.9 Å². The molecule has 11 heteroatoms. The average Bonchev–Trinajstić information content (AvgIpc) is 2.89. The van der Waals surface area contributed by atoms with Gasteiger partial charge in [0, 0.05) is 28.9 Å². The number of halogens is 3. The van der Waals surface area contributed by atoms with E-state index < -0.39 is 35.2 Å². The number of aryl methyl sites for hydroxylation is 1. The topological polar surface area (TPSA) is 104 Å². The van der Waals surface area contributed by atoms with Crippen LogP contribution in [0.1, 0.15) is 36.5 Å². The molecule has 40 heavy (non-hydrogen) atoms. The van der Waals surface area contributed by atoms with E-state index in [-0.39, 0.29) is 41.3 Å². The molecule has 0 spiro atoms. The number of carbonyl (C=O) groups excluding carboxylic acids is 2. The van der Waals surface area contributed by atoms with E-state index in [0.717, 1.165) is 24.1 Å². The van der Waals surface area contributed by atoms with Crippen LogP contribution in [0.5, 0.6) is 5.75 Å². The Kier molecular flexibility index (Phi) is 8.03. The Balaban J connectivity index is 1.58. The zero-order valence-electron chi connectivity index (χ0n) is 22.1. The van der Waals surface area contributed by atoms with Crippen molar-refractivity contribution < 1.29 is 41.4 Å². The Bertz CT molecular complexity index is 1600. The van der Waals surface area contributed by atoms with E-state index in [1.165, 1.54) is 44.2 Å². The molecule has 2 heterocycles. The molecule has 3 aromatic rings. The number of esters is 2. The second-order valence-electron chi connectivity index (χ2n) is 9.10. The molecule has 0 amide bonds. The molecule has 1 N–H and O–H groups in total. The van der Waals surface area contributed by atoms with E-state index in [9.17, 15) is 27.6 Å². The monoisotopic (exact) mass is 557 g/mol. The Hall–Kier alpha value is -4.54. The summed E-state index contributed by atoms with van der Waals surface area (Å²) in [6.07, 6.45) is -4.75. The van der Waals surface area contributed by atoms with Gasteiger partial charge < -0.3 is 23.9 Å². The van der Waals surface area contributed by atoms with Gasteiger partial charge in [-0.2, -0.15) is 13.2 Å². The number of hydrogen-bond acceptors (Lipinski definition) is 8. The third kappa shape index (κ3) is 5.73. The molecule has 1 unspecified atom stereocenters. The highest BCUT2D eigenvalue weighted by atomic mass is 19.4. The Morgan fingerprint density at radius 2 is 1.62 bits per heavy atom. The lowest BCUT2D eigenvalue weighted by Crippen LogP contribution is -2.33. The summed E-state index contributed by atoms with van der Waals surface area (Å²) in [6.45, 7) is 4.45. The standard InChI is InChI=1S/C29H26F3NO7/c1-15-13-23(34)40-22-14-18(9-10-19(15)22)38-11-12-39-28(36)25-17(3)33-16(2)24(27(35)37-4)26(25)20-7-5-6-8-21(20)29(30,31)32/h5-10,13-14,26,33H,11-12H2,1-4H3. The van der Waals surface area contributed by atoms with Crippen LogP contribution < -0.4 is 15.7 Å². The smallest absolute Gasteiger partial charge is 0.416 e. The van der Waals surface area contributed by atoms with Gasteiger partial charge in [-0.25, -0.2) is 14.4 Å². The van der Waals surface area contributed by atoms with Crippen molar-refractivity contribution in [2.75, 3.05) is 20.3 Å². The Morgan fingerprint density at radius 3 is 2.30 bits per heavy atom. The molecule has 0 radical (unpaired) electrons. The van der Waals surface area contributed by atoms with Gasteiger partial charge in [-0.1, -0.05) is 18.2 Å². The SMILES string of the molecule is COC(=O)C1=C(C)NC(C)=C(C(=O)OCCOc2ccc3c(C)cc(=O)oc3c2)C1c1ccccc1C(F)(F)F. The van der Waals surface area contributed by atoms with E-state index in [2.05, 4.69) is 5.32 Å². The first-order chi connectivity index (χ1) is 18.9. The number of fused-ring (bicyclic) bond motifs is 1. The summed E-state index contributed by atoms with van der Waals surface area (Å²) in [5, 5.41) is 3.62. The van der Waals surface area contributed by atoms with Crippen molar-refractivity contribution in [1.29, 1.82) is 0 Å². The largest absolute Gasteiger partial charge is 0.490 e. The van der Waals surface area contributed by atoms with E-state index in [1.54, 1.807) is 19.1 Å². The fourth-order valence-corrected chi connectivity index (χ4v) is 4.73. The number of benzene rings is 2. The fourth-order valence-electron chi connectivity index (χ4n) is 4.73. The number of rotatable bonds is 7. The van der Waals surface area contributed by atoms with Crippen LogP contribution in [0.25, 0.3) is 11.0 Å². The summed E-state index contributed by atoms with van der Waals surface area (Å²) in [5.41, 5.74) is -0.513. The number of ether oxygens (including phenoxy) is 3. The van der Waals surface area contributed by atoms with Gasteiger partial charge in [-0.15, -0.1) is 0 Å². The zero-order valence-corrected chi connectivity index (χ0v) is 22.1. The maximum atomic E-state index is 14.0. The average molecular weight is 558 g/mol. The lowest BCUT2D eigenvalue weighted by Gasteiger charge is -2.31. The third-order valence-electron chi connectivity index (χ3n) is 6.47. The highest BCUT2D eigenvalue weighted by Crippen LogP contribution is 2.44. The second-order valence-corrected chi connectivity index (χ2v) is 9.10. The van der Waals surface area contributed by atoms with Crippen LogP contribution in [-0.2, 0) is 25.2 Å². The summed E-state index contributed by atoms with van der Waals surface area (Å²) in [7, 11) is 1.11. The number of hydrogen-bond donors (Lipinski definition) is 1. The minimum absolute atomic E-state index is 0.102. The van der Waals surface area contributed by atoms with Gasteiger partial charge in [0.1, 0.15) is 24.5 Å². The van der Waals surface area contributed by atoms with Crippen molar-refractivity contribution in [3.05, 3.63) is 98.2 Å². The minimum atomic E-state index is -4.75. The first kappa shape index (κ1) is 28.5. The van der Waals surface area contributed by atoms with Crippen LogP contribution in [0.3, 0.4) is 0 Å².